The van der Waals surface area contributed by atoms with Crippen molar-refractivity contribution in [2.45, 2.75) is 149 Å². The Balaban J connectivity index is 0.951. The van der Waals surface area contributed by atoms with E-state index in [2.05, 4.69) is 86.6 Å². The van der Waals surface area contributed by atoms with Gasteiger partial charge in [0.1, 0.15) is 0 Å². The molecule has 0 aromatic heterocycles. The smallest absolute Gasteiger partial charge is 0.0316 e. The summed E-state index contributed by atoms with van der Waals surface area (Å²) in [5.74, 6) is 0. The van der Waals surface area contributed by atoms with Crippen molar-refractivity contribution in [2.75, 3.05) is 11.5 Å². The van der Waals surface area contributed by atoms with Gasteiger partial charge in [-0.25, -0.2) is 0 Å². The topological polar surface area (TPSA) is 52.0 Å². The second-order valence-electron chi connectivity index (χ2n) is 14.6. The van der Waals surface area contributed by atoms with E-state index in [0.717, 1.165) is 49.9 Å². The van der Waals surface area contributed by atoms with Crippen LogP contribution in [0.2, 0.25) is 0 Å². The highest BCUT2D eigenvalue weighted by atomic mass is 14.5. The highest BCUT2D eigenvalue weighted by molar-refractivity contribution is 5.47. The van der Waals surface area contributed by atoms with Gasteiger partial charge in [0.2, 0.25) is 0 Å². The number of benzene rings is 4. The average Bonchev–Trinajstić information content (AvgIpc) is 3.10. The van der Waals surface area contributed by atoms with Crippen molar-refractivity contribution in [1.82, 2.24) is 0 Å². The van der Waals surface area contributed by atoms with E-state index in [1.807, 2.05) is 12.1 Å². The lowest BCUT2D eigenvalue weighted by Gasteiger charge is -2.11. The third kappa shape index (κ3) is 14.5. The molecule has 0 saturated heterocycles. The minimum absolute atomic E-state index is 0.876. The molecule has 0 aliphatic rings. The second-order valence-corrected chi connectivity index (χ2v) is 14.6. The molecule has 49 heavy (non-hydrogen) atoms. The van der Waals surface area contributed by atoms with Crippen LogP contribution in [0.3, 0.4) is 0 Å². The van der Waals surface area contributed by atoms with Gasteiger partial charge in [-0.1, -0.05) is 158 Å². The van der Waals surface area contributed by atoms with E-state index in [9.17, 15) is 0 Å². The quantitative estimate of drug-likeness (QED) is 0.0581. The van der Waals surface area contributed by atoms with Crippen molar-refractivity contribution < 1.29 is 0 Å². The average molecular weight is 659 g/mol. The van der Waals surface area contributed by atoms with Gasteiger partial charge in [-0.3, -0.25) is 0 Å². The van der Waals surface area contributed by atoms with E-state index >= 15 is 0 Å². The van der Waals surface area contributed by atoms with E-state index in [4.69, 9.17) is 11.5 Å². The Kier molecular flexibility index (Phi) is 17.4. The molecule has 0 aliphatic heterocycles. The summed E-state index contributed by atoms with van der Waals surface area (Å²) in [4.78, 5) is 0. The van der Waals surface area contributed by atoms with Crippen LogP contribution in [-0.2, 0) is 38.5 Å². The molecule has 0 aliphatic carbocycles. The molecule has 0 unspecified atom stereocenters. The highest BCUT2D eigenvalue weighted by Gasteiger charge is 2.06. The maximum Gasteiger partial charge on any atom is 0.0316 e. The summed E-state index contributed by atoms with van der Waals surface area (Å²) >= 11 is 0. The second kappa shape index (κ2) is 22.2. The zero-order valence-corrected chi connectivity index (χ0v) is 31.1. The Hall–Kier alpha value is -3.52. The Morgan fingerprint density at radius 3 is 0.959 bits per heavy atom. The van der Waals surface area contributed by atoms with Crippen LogP contribution >= 0.6 is 0 Å². The standard InChI is InChI=1S/C47H66N2/c1-3-18-42-36-46(48)32-30-44(42)34-40-26-22-38(23-27-40)20-16-14-12-10-8-6-5-7-9-11-13-15-17-21-39-24-28-41(29-25-39)35-45-31-33-47(49)37-43(45)19-4-2/h22-33,36-37H,3-21,34-35,48-49H2,1-2H3. The lowest BCUT2D eigenvalue weighted by molar-refractivity contribution is 0.536. The van der Waals surface area contributed by atoms with E-state index in [0.29, 0.717) is 0 Å². The number of aryl methyl sites for hydroxylation is 4. The molecule has 264 valence electrons. The number of anilines is 2. The van der Waals surface area contributed by atoms with Crippen molar-refractivity contribution in [3.63, 3.8) is 0 Å². The number of nitrogen functional groups attached to an aromatic ring is 2. The molecule has 0 fully saturated rings. The van der Waals surface area contributed by atoms with E-state index in [-0.39, 0.29) is 0 Å². The Morgan fingerprint density at radius 2 is 0.633 bits per heavy atom. The zero-order valence-electron chi connectivity index (χ0n) is 31.1. The molecular weight excluding hydrogens is 593 g/mol. The SMILES string of the molecule is CCCc1cc(N)ccc1Cc1ccc(CCCCCCCCCCCCCCCc2ccc(Cc3ccc(N)cc3CCC)cc2)cc1. The summed E-state index contributed by atoms with van der Waals surface area (Å²) in [6.07, 6.45) is 27.0. The van der Waals surface area contributed by atoms with E-state index in [1.165, 1.54) is 141 Å². The molecule has 0 radical (unpaired) electrons. The zero-order chi connectivity index (χ0) is 34.5. The third-order valence-corrected chi connectivity index (χ3v) is 10.3. The van der Waals surface area contributed by atoms with Crippen molar-refractivity contribution in [1.29, 1.82) is 0 Å². The van der Waals surface area contributed by atoms with Crippen molar-refractivity contribution in [2.24, 2.45) is 0 Å². The summed E-state index contributed by atoms with van der Waals surface area (Å²) in [5, 5.41) is 0. The van der Waals surface area contributed by atoms with Crippen LogP contribution in [0.1, 0.15) is 155 Å². The maximum absolute atomic E-state index is 6.03. The van der Waals surface area contributed by atoms with Crippen LogP contribution in [0.5, 0.6) is 0 Å². The molecule has 2 nitrogen and oxygen atoms in total. The van der Waals surface area contributed by atoms with E-state index in [1.54, 1.807) is 0 Å². The monoisotopic (exact) mass is 659 g/mol. The van der Waals surface area contributed by atoms with Crippen molar-refractivity contribution >= 4 is 11.4 Å². The first kappa shape index (κ1) is 38.3. The lowest BCUT2D eigenvalue weighted by Crippen LogP contribution is -1.98. The van der Waals surface area contributed by atoms with Crippen molar-refractivity contribution in [3.8, 4) is 0 Å². The maximum atomic E-state index is 6.03. The molecule has 2 heteroatoms. The van der Waals surface area contributed by atoms with Gasteiger partial charge < -0.3 is 11.5 Å². The number of nitrogens with two attached hydrogens (primary N) is 2. The first-order valence-electron chi connectivity index (χ1n) is 19.9. The Labute approximate surface area is 300 Å². The molecule has 0 heterocycles. The fourth-order valence-electron chi connectivity index (χ4n) is 7.33. The molecule has 4 aromatic carbocycles. The molecule has 0 spiro atoms. The summed E-state index contributed by atoms with van der Waals surface area (Å²) < 4.78 is 0. The minimum atomic E-state index is 0.876. The third-order valence-electron chi connectivity index (χ3n) is 10.3. The molecule has 0 bridgehead atoms. The Morgan fingerprint density at radius 1 is 0.327 bits per heavy atom. The fourth-order valence-corrected chi connectivity index (χ4v) is 7.33. The first-order valence-corrected chi connectivity index (χ1v) is 19.9. The largest absolute Gasteiger partial charge is 0.399 e. The van der Waals surface area contributed by atoms with Gasteiger partial charge in [0.05, 0.1) is 0 Å². The number of unbranched alkanes of at least 4 members (excludes halogenated alkanes) is 12. The van der Waals surface area contributed by atoms with Gasteiger partial charge in [0.25, 0.3) is 0 Å². The van der Waals surface area contributed by atoms with Crippen LogP contribution in [-0.4, -0.2) is 0 Å². The molecular formula is C47H66N2. The Bertz CT molecular complexity index is 1350. The van der Waals surface area contributed by atoms with Gasteiger partial charge in [0.15, 0.2) is 0 Å². The van der Waals surface area contributed by atoms with Gasteiger partial charge >= 0.3 is 0 Å². The summed E-state index contributed by atoms with van der Waals surface area (Å²) in [5.41, 5.74) is 25.2. The molecule has 4 aromatic rings. The van der Waals surface area contributed by atoms with Crippen LogP contribution in [0.4, 0.5) is 11.4 Å². The predicted molar refractivity (Wildman–Crippen MR) is 216 cm³/mol. The minimum Gasteiger partial charge on any atom is -0.399 e. The van der Waals surface area contributed by atoms with Gasteiger partial charge in [-0.15, -0.1) is 0 Å². The molecule has 0 atom stereocenters. The predicted octanol–water partition coefficient (Wildman–Crippen LogP) is 12.8. The molecule has 4 N–H and O–H groups in total. The van der Waals surface area contributed by atoms with Gasteiger partial charge in [-0.2, -0.15) is 0 Å². The normalized spacial score (nSPS) is 11.3. The van der Waals surface area contributed by atoms with Crippen molar-refractivity contribution in [3.05, 3.63) is 129 Å². The summed E-state index contributed by atoms with van der Waals surface area (Å²) in [6, 6.07) is 31.5. The lowest BCUT2D eigenvalue weighted by atomic mass is 9.95. The van der Waals surface area contributed by atoms with Crippen LogP contribution in [0.25, 0.3) is 0 Å². The summed E-state index contributed by atoms with van der Waals surface area (Å²) in [6.45, 7) is 4.47. The number of hydrogen-bond acceptors (Lipinski definition) is 2. The number of hydrogen-bond donors (Lipinski definition) is 2. The highest BCUT2D eigenvalue weighted by Crippen LogP contribution is 2.22. The van der Waals surface area contributed by atoms with Gasteiger partial charge in [0, 0.05) is 11.4 Å². The number of rotatable bonds is 24. The fraction of sp³-hybridized carbons (Fsp3) is 0.489. The molecule has 0 saturated carbocycles. The molecule has 4 rings (SSSR count). The van der Waals surface area contributed by atoms with Crippen LogP contribution < -0.4 is 11.5 Å². The van der Waals surface area contributed by atoms with Crippen LogP contribution in [0, 0.1) is 0 Å². The van der Waals surface area contributed by atoms with Gasteiger partial charge in [-0.05, 0) is 120 Å². The van der Waals surface area contributed by atoms with E-state index < -0.39 is 0 Å². The van der Waals surface area contributed by atoms with Crippen LogP contribution in [0.15, 0.2) is 84.9 Å². The molecule has 0 amide bonds. The summed E-state index contributed by atoms with van der Waals surface area (Å²) in [7, 11) is 0. The first-order chi connectivity index (χ1) is 24.0.